The SMILES string of the molecule is Cc1ccc(/C=C/S(=O)(=O)Nc2ccccc2S(C)=O)cc1. The maximum atomic E-state index is 12.1. The molecule has 0 fully saturated rings. The first-order chi connectivity index (χ1) is 10.4. The fourth-order valence-electron chi connectivity index (χ4n) is 1.83. The number of benzene rings is 2. The van der Waals surface area contributed by atoms with E-state index in [0.717, 1.165) is 16.5 Å². The molecule has 0 aliphatic rings. The van der Waals surface area contributed by atoms with Gasteiger partial charge in [0.25, 0.3) is 10.0 Å². The number of hydrogen-bond acceptors (Lipinski definition) is 3. The molecular weight excluding hydrogens is 318 g/mol. The highest BCUT2D eigenvalue weighted by molar-refractivity contribution is 7.95. The number of nitrogens with one attached hydrogen (secondary N) is 1. The van der Waals surface area contributed by atoms with E-state index in [1.165, 1.54) is 12.3 Å². The third kappa shape index (κ3) is 4.54. The Morgan fingerprint density at radius 1 is 1.05 bits per heavy atom. The standard InChI is InChI=1S/C16H17NO3S2/c1-13-7-9-14(10-8-13)11-12-22(19,20)17-15-5-3-4-6-16(15)21(2)18/h3-12,17H,1-2H3/b12-11+. The molecule has 0 saturated carbocycles. The van der Waals surface area contributed by atoms with Gasteiger partial charge >= 0.3 is 0 Å². The van der Waals surface area contributed by atoms with Crippen molar-refractivity contribution in [2.24, 2.45) is 0 Å². The fraction of sp³-hybridized carbons (Fsp3) is 0.125. The van der Waals surface area contributed by atoms with E-state index in [1.54, 1.807) is 24.3 Å². The van der Waals surface area contributed by atoms with E-state index in [0.29, 0.717) is 10.6 Å². The zero-order valence-corrected chi connectivity index (χ0v) is 13.9. The van der Waals surface area contributed by atoms with Crippen LogP contribution < -0.4 is 4.72 Å². The molecule has 0 saturated heterocycles. The number of sulfonamides is 1. The number of aryl methyl sites for hydroxylation is 1. The second-order valence-electron chi connectivity index (χ2n) is 4.81. The average molecular weight is 335 g/mol. The summed E-state index contributed by atoms with van der Waals surface area (Å²) in [4.78, 5) is 0.454. The van der Waals surface area contributed by atoms with Crippen molar-refractivity contribution in [3.63, 3.8) is 0 Å². The van der Waals surface area contributed by atoms with Gasteiger partial charge in [-0.25, -0.2) is 8.42 Å². The van der Waals surface area contributed by atoms with Crippen LogP contribution in [0.15, 0.2) is 58.8 Å². The van der Waals surface area contributed by atoms with Crippen molar-refractivity contribution < 1.29 is 12.6 Å². The highest BCUT2D eigenvalue weighted by atomic mass is 32.2. The molecule has 0 aliphatic heterocycles. The summed E-state index contributed by atoms with van der Waals surface area (Å²) in [6.45, 7) is 1.97. The van der Waals surface area contributed by atoms with Crippen LogP contribution in [0.5, 0.6) is 0 Å². The van der Waals surface area contributed by atoms with Crippen LogP contribution in [0.25, 0.3) is 6.08 Å². The molecule has 0 aliphatic carbocycles. The van der Waals surface area contributed by atoms with Crippen LogP contribution in [0.1, 0.15) is 11.1 Å². The molecule has 0 amide bonds. The molecule has 1 N–H and O–H groups in total. The Morgan fingerprint density at radius 2 is 1.68 bits per heavy atom. The largest absolute Gasteiger partial charge is 0.279 e. The van der Waals surface area contributed by atoms with Gasteiger partial charge in [0.1, 0.15) is 0 Å². The van der Waals surface area contributed by atoms with Crippen molar-refractivity contribution in [3.05, 3.63) is 65.1 Å². The summed E-state index contributed by atoms with van der Waals surface area (Å²) in [5.74, 6) is 0. The highest BCUT2D eigenvalue weighted by Gasteiger charge is 2.11. The maximum absolute atomic E-state index is 12.1. The van der Waals surface area contributed by atoms with E-state index in [-0.39, 0.29) is 0 Å². The minimum Gasteiger partial charge on any atom is -0.279 e. The molecule has 4 nitrogen and oxygen atoms in total. The van der Waals surface area contributed by atoms with E-state index in [2.05, 4.69) is 4.72 Å². The Kier molecular flexibility index (Phi) is 5.15. The number of anilines is 1. The van der Waals surface area contributed by atoms with Gasteiger partial charge < -0.3 is 0 Å². The Bertz CT molecular complexity index is 810. The normalized spacial score (nSPS) is 13.2. The van der Waals surface area contributed by atoms with Crippen LogP contribution in [-0.2, 0) is 20.8 Å². The molecule has 2 rings (SSSR count). The third-order valence-corrected chi connectivity index (χ3v) is 4.94. The van der Waals surface area contributed by atoms with Crippen LogP contribution in [0.2, 0.25) is 0 Å². The summed E-state index contributed by atoms with van der Waals surface area (Å²) in [5, 5.41) is 1.10. The predicted octanol–water partition coefficient (Wildman–Crippen LogP) is 3.15. The molecule has 6 heteroatoms. The smallest absolute Gasteiger partial charge is 0.255 e. The van der Waals surface area contributed by atoms with Gasteiger partial charge in [0, 0.05) is 6.26 Å². The van der Waals surface area contributed by atoms with Gasteiger partial charge in [0.05, 0.1) is 26.8 Å². The van der Waals surface area contributed by atoms with Gasteiger partial charge in [-0.15, -0.1) is 0 Å². The lowest BCUT2D eigenvalue weighted by atomic mass is 10.2. The molecule has 22 heavy (non-hydrogen) atoms. The zero-order chi connectivity index (χ0) is 16.2. The average Bonchev–Trinajstić information content (AvgIpc) is 2.46. The summed E-state index contributed by atoms with van der Waals surface area (Å²) in [6, 6.07) is 14.2. The molecule has 0 radical (unpaired) electrons. The highest BCUT2D eigenvalue weighted by Crippen LogP contribution is 2.20. The quantitative estimate of drug-likeness (QED) is 0.913. The molecule has 0 heterocycles. The van der Waals surface area contributed by atoms with Gasteiger partial charge in [-0.2, -0.15) is 0 Å². The summed E-state index contributed by atoms with van der Waals surface area (Å²) in [5.41, 5.74) is 2.23. The molecule has 2 aromatic rings. The molecular formula is C16H17NO3S2. The van der Waals surface area contributed by atoms with E-state index in [9.17, 15) is 12.6 Å². The lowest BCUT2D eigenvalue weighted by Crippen LogP contribution is -2.10. The van der Waals surface area contributed by atoms with Crippen LogP contribution in [-0.4, -0.2) is 18.9 Å². The van der Waals surface area contributed by atoms with Crippen LogP contribution in [0, 0.1) is 6.92 Å². The van der Waals surface area contributed by atoms with Crippen molar-refractivity contribution in [1.82, 2.24) is 0 Å². The molecule has 1 atom stereocenters. The number of para-hydroxylation sites is 1. The molecule has 1 unspecified atom stereocenters. The van der Waals surface area contributed by atoms with Crippen LogP contribution in [0.3, 0.4) is 0 Å². The van der Waals surface area contributed by atoms with Gasteiger partial charge in [-0.3, -0.25) is 8.93 Å². The second kappa shape index (κ2) is 6.89. The van der Waals surface area contributed by atoms with Crippen molar-refractivity contribution in [2.75, 3.05) is 11.0 Å². The fourth-order valence-corrected chi connectivity index (χ4v) is 3.49. The van der Waals surface area contributed by atoms with Crippen molar-refractivity contribution >= 4 is 32.6 Å². The number of rotatable bonds is 5. The van der Waals surface area contributed by atoms with Crippen LogP contribution >= 0.6 is 0 Å². The lowest BCUT2D eigenvalue weighted by Gasteiger charge is -2.08. The number of hydrogen-bond donors (Lipinski definition) is 1. The Morgan fingerprint density at radius 3 is 2.32 bits per heavy atom. The lowest BCUT2D eigenvalue weighted by molar-refractivity contribution is 0.609. The maximum Gasteiger partial charge on any atom is 0.255 e. The Hall–Kier alpha value is -1.92. The van der Waals surface area contributed by atoms with Gasteiger partial charge in [0.2, 0.25) is 0 Å². The molecule has 0 spiro atoms. The zero-order valence-electron chi connectivity index (χ0n) is 12.3. The predicted molar refractivity (Wildman–Crippen MR) is 91.5 cm³/mol. The Labute approximate surface area is 133 Å². The molecule has 0 aromatic heterocycles. The summed E-state index contributed by atoms with van der Waals surface area (Å²) >= 11 is 0. The minimum absolute atomic E-state index is 0.330. The molecule has 116 valence electrons. The third-order valence-electron chi connectivity index (χ3n) is 2.97. The van der Waals surface area contributed by atoms with E-state index in [1.807, 2.05) is 31.2 Å². The van der Waals surface area contributed by atoms with Crippen LogP contribution in [0.4, 0.5) is 5.69 Å². The molecule has 2 aromatic carbocycles. The van der Waals surface area contributed by atoms with Crippen molar-refractivity contribution in [3.8, 4) is 0 Å². The first kappa shape index (κ1) is 16.5. The Balaban J connectivity index is 2.21. The summed E-state index contributed by atoms with van der Waals surface area (Å²) in [6.07, 6.45) is 3.03. The topological polar surface area (TPSA) is 63.2 Å². The first-order valence-electron chi connectivity index (χ1n) is 6.57. The summed E-state index contributed by atoms with van der Waals surface area (Å²) < 4.78 is 38.3. The minimum atomic E-state index is -3.66. The van der Waals surface area contributed by atoms with Gasteiger partial charge in [0.15, 0.2) is 0 Å². The van der Waals surface area contributed by atoms with Crippen molar-refractivity contribution in [2.45, 2.75) is 11.8 Å². The van der Waals surface area contributed by atoms with E-state index >= 15 is 0 Å². The monoisotopic (exact) mass is 335 g/mol. The van der Waals surface area contributed by atoms with Gasteiger partial charge in [-0.1, -0.05) is 42.0 Å². The van der Waals surface area contributed by atoms with E-state index in [4.69, 9.17) is 0 Å². The first-order valence-corrected chi connectivity index (χ1v) is 9.68. The van der Waals surface area contributed by atoms with Gasteiger partial charge in [-0.05, 0) is 30.7 Å². The van der Waals surface area contributed by atoms with Crippen molar-refractivity contribution in [1.29, 1.82) is 0 Å². The molecule has 0 bridgehead atoms. The van der Waals surface area contributed by atoms with E-state index < -0.39 is 20.8 Å². The summed E-state index contributed by atoms with van der Waals surface area (Å²) in [7, 11) is -4.93. The second-order valence-corrected chi connectivity index (χ2v) is 7.73.